The first-order valence-corrected chi connectivity index (χ1v) is 8.31. The Labute approximate surface area is 154 Å². The Hall–Kier alpha value is -3.56. The zero-order valence-electron chi connectivity index (χ0n) is 14.8. The smallest absolute Gasteiger partial charge is 0.337 e. The zero-order chi connectivity index (χ0) is 19.0. The van der Waals surface area contributed by atoms with Crippen molar-refractivity contribution in [1.82, 2.24) is 25.0 Å². The number of aromatic nitrogens is 5. The molecule has 1 aromatic carbocycles. The van der Waals surface area contributed by atoms with E-state index in [0.29, 0.717) is 41.3 Å². The predicted molar refractivity (Wildman–Crippen MR) is 96.2 cm³/mol. The third kappa shape index (κ3) is 3.05. The number of nitrogens with one attached hydrogen (secondary N) is 1. The van der Waals surface area contributed by atoms with Crippen molar-refractivity contribution in [1.29, 1.82) is 0 Å². The van der Waals surface area contributed by atoms with Crippen LogP contribution in [0.4, 0.5) is 11.5 Å². The molecule has 0 aliphatic carbocycles. The van der Waals surface area contributed by atoms with Gasteiger partial charge in [-0.15, -0.1) is 5.10 Å². The first kappa shape index (κ1) is 16.9. The number of carbonyl (C=O) groups excluding carboxylic acids is 2. The van der Waals surface area contributed by atoms with E-state index in [-0.39, 0.29) is 11.8 Å². The number of amides is 1. The lowest BCUT2D eigenvalue weighted by molar-refractivity contribution is -0.120. The summed E-state index contributed by atoms with van der Waals surface area (Å²) in [6.07, 6.45) is 1.47. The van der Waals surface area contributed by atoms with E-state index in [1.54, 1.807) is 36.0 Å². The van der Waals surface area contributed by atoms with Crippen molar-refractivity contribution in [3.05, 3.63) is 36.2 Å². The molecule has 27 heavy (non-hydrogen) atoms. The Morgan fingerprint density at radius 2 is 1.93 bits per heavy atom. The van der Waals surface area contributed by atoms with Gasteiger partial charge in [0.25, 0.3) is 0 Å². The van der Waals surface area contributed by atoms with Crippen LogP contribution in [0, 0.1) is 5.92 Å². The highest BCUT2D eigenvalue weighted by Crippen LogP contribution is 2.28. The van der Waals surface area contributed by atoms with Crippen LogP contribution in [-0.2, 0) is 16.6 Å². The van der Waals surface area contributed by atoms with Gasteiger partial charge in [-0.25, -0.2) is 19.4 Å². The van der Waals surface area contributed by atoms with E-state index in [1.165, 1.54) is 13.4 Å². The van der Waals surface area contributed by atoms with E-state index < -0.39 is 5.97 Å². The fourth-order valence-corrected chi connectivity index (χ4v) is 2.94. The van der Waals surface area contributed by atoms with Gasteiger partial charge >= 0.3 is 5.97 Å². The van der Waals surface area contributed by atoms with Crippen molar-refractivity contribution < 1.29 is 14.3 Å². The maximum atomic E-state index is 12.4. The van der Waals surface area contributed by atoms with Crippen LogP contribution in [0.1, 0.15) is 10.4 Å². The van der Waals surface area contributed by atoms with Crippen LogP contribution in [0.3, 0.4) is 0 Å². The summed E-state index contributed by atoms with van der Waals surface area (Å²) in [7, 11) is 3.09. The van der Waals surface area contributed by atoms with Crippen molar-refractivity contribution in [3.8, 4) is 0 Å². The standard InChI is InChI=1S/C17H17N7O3/c1-23-14-13(21-22-23)15(19-9-18-14)24-7-11(8-24)16(25)20-12-5-3-10(4-6-12)17(26)27-2/h3-6,9,11H,7-8H2,1-2H3,(H,20,25). The lowest BCUT2D eigenvalue weighted by Crippen LogP contribution is -2.52. The molecular formula is C17H17N7O3. The number of fused-ring (bicyclic) bond motifs is 1. The van der Waals surface area contributed by atoms with Gasteiger partial charge in [-0.3, -0.25) is 4.79 Å². The fourth-order valence-electron chi connectivity index (χ4n) is 2.94. The number of hydrogen-bond donors (Lipinski definition) is 1. The summed E-state index contributed by atoms with van der Waals surface area (Å²) in [5.41, 5.74) is 2.34. The van der Waals surface area contributed by atoms with Crippen LogP contribution < -0.4 is 10.2 Å². The van der Waals surface area contributed by atoms with Gasteiger partial charge in [0.05, 0.1) is 18.6 Å². The van der Waals surface area contributed by atoms with Gasteiger partial charge in [-0.05, 0) is 24.3 Å². The van der Waals surface area contributed by atoms with E-state index in [2.05, 4.69) is 30.3 Å². The molecule has 0 bridgehead atoms. The summed E-state index contributed by atoms with van der Waals surface area (Å²) in [5.74, 6) is 0.0238. The molecule has 138 valence electrons. The summed E-state index contributed by atoms with van der Waals surface area (Å²) in [6, 6.07) is 6.57. The summed E-state index contributed by atoms with van der Waals surface area (Å²) in [4.78, 5) is 34.3. The normalized spacial score (nSPS) is 14.1. The van der Waals surface area contributed by atoms with Gasteiger partial charge in [0.2, 0.25) is 5.91 Å². The van der Waals surface area contributed by atoms with Gasteiger partial charge in [-0.1, -0.05) is 5.21 Å². The van der Waals surface area contributed by atoms with Gasteiger partial charge in [0.15, 0.2) is 17.0 Å². The molecule has 4 rings (SSSR count). The molecule has 2 aromatic heterocycles. The predicted octanol–water partition coefficient (Wildman–Crippen LogP) is 0.620. The molecule has 1 saturated heterocycles. The van der Waals surface area contributed by atoms with Crippen LogP contribution in [0.15, 0.2) is 30.6 Å². The van der Waals surface area contributed by atoms with Crippen molar-refractivity contribution >= 4 is 34.5 Å². The van der Waals surface area contributed by atoms with Gasteiger partial charge in [0.1, 0.15) is 6.33 Å². The molecule has 1 fully saturated rings. The number of hydrogen-bond acceptors (Lipinski definition) is 8. The van der Waals surface area contributed by atoms with Crippen molar-refractivity contribution in [3.63, 3.8) is 0 Å². The molecule has 0 atom stereocenters. The molecule has 1 aliphatic heterocycles. The third-order valence-corrected chi connectivity index (χ3v) is 4.49. The minimum absolute atomic E-state index is 0.0819. The van der Waals surface area contributed by atoms with Crippen LogP contribution in [-0.4, -0.2) is 57.0 Å². The van der Waals surface area contributed by atoms with Crippen LogP contribution in [0.25, 0.3) is 11.2 Å². The second-order valence-corrected chi connectivity index (χ2v) is 6.24. The van der Waals surface area contributed by atoms with Crippen LogP contribution >= 0.6 is 0 Å². The van der Waals surface area contributed by atoms with E-state index in [1.807, 2.05) is 4.90 Å². The molecule has 3 aromatic rings. The maximum Gasteiger partial charge on any atom is 0.337 e. The fraction of sp³-hybridized carbons (Fsp3) is 0.294. The number of ether oxygens (including phenoxy) is 1. The molecule has 1 N–H and O–H groups in total. The van der Waals surface area contributed by atoms with Crippen molar-refractivity contribution in [2.45, 2.75) is 0 Å². The average Bonchev–Trinajstić information content (AvgIpc) is 3.02. The van der Waals surface area contributed by atoms with Gasteiger partial charge < -0.3 is 15.0 Å². The topological polar surface area (TPSA) is 115 Å². The number of nitrogens with zero attached hydrogens (tertiary/aromatic N) is 6. The number of benzene rings is 1. The molecule has 10 heteroatoms. The van der Waals surface area contributed by atoms with Crippen molar-refractivity contribution in [2.75, 3.05) is 30.4 Å². The summed E-state index contributed by atoms with van der Waals surface area (Å²) in [6.45, 7) is 1.07. The van der Waals surface area contributed by atoms with Crippen LogP contribution in [0.5, 0.6) is 0 Å². The largest absolute Gasteiger partial charge is 0.465 e. The number of esters is 1. The van der Waals surface area contributed by atoms with Crippen molar-refractivity contribution in [2.24, 2.45) is 13.0 Å². The number of carbonyl (C=O) groups is 2. The molecule has 0 unspecified atom stereocenters. The lowest BCUT2D eigenvalue weighted by atomic mass is 9.99. The van der Waals surface area contributed by atoms with Gasteiger partial charge in [0, 0.05) is 25.8 Å². The van der Waals surface area contributed by atoms with E-state index in [0.717, 1.165) is 0 Å². The van der Waals surface area contributed by atoms with E-state index in [9.17, 15) is 9.59 Å². The third-order valence-electron chi connectivity index (χ3n) is 4.49. The first-order valence-electron chi connectivity index (χ1n) is 8.31. The molecule has 0 radical (unpaired) electrons. The first-order chi connectivity index (χ1) is 13.1. The highest BCUT2D eigenvalue weighted by atomic mass is 16.5. The van der Waals surface area contributed by atoms with E-state index >= 15 is 0 Å². The average molecular weight is 367 g/mol. The molecule has 10 nitrogen and oxygen atoms in total. The highest BCUT2D eigenvalue weighted by molar-refractivity contribution is 5.96. The Morgan fingerprint density at radius 3 is 2.63 bits per heavy atom. The zero-order valence-corrected chi connectivity index (χ0v) is 14.8. The summed E-state index contributed by atoms with van der Waals surface area (Å²) in [5, 5.41) is 10.9. The molecular weight excluding hydrogens is 350 g/mol. The number of anilines is 2. The number of rotatable bonds is 4. The second-order valence-electron chi connectivity index (χ2n) is 6.24. The van der Waals surface area contributed by atoms with Gasteiger partial charge in [-0.2, -0.15) is 0 Å². The number of methoxy groups -OCH3 is 1. The SMILES string of the molecule is COC(=O)c1ccc(NC(=O)C2CN(c3ncnc4c3nnn4C)C2)cc1. The number of aryl methyl sites for hydroxylation is 1. The second kappa shape index (κ2) is 6.63. The minimum Gasteiger partial charge on any atom is -0.465 e. The summed E-state index contributed by atoms with van der Waals surface area (Å²) >= 11 is 0. The molecule has 0 saturated carbocycles. The quantitative estimate of drug-likeness (QED) is 0.667. The molecule has 3 heterocycles. The summed E-state index contributed by atoms with van der Waals surface area (Å²) < 4.78 is 6.24. The highest BCUT2D eigenvalue weighted by Gasteiger charge is 2.35. The Morgan fingerprint density at radius 1 is 1.19 bits per heavy atom. The Balaban J connectivity index is 1.39. The lowest BCUT2D eigenvalue weighted by Gasteiger charge is -2.38. The molecule has 1 amide bonds. The van der Waals surface area contributed by atoms with Crippen LogP contribution in [0.2, 0.25) is 0 Å². The monoisotopic (exact) mass is 367 g/mol. The minimum atomic E-state index is -0.414. The molecule has 1 aliphatic rings. The Kier molecular flexibility index (Phi) is 4.15. The Bertz CT molecular complexity index is 1010. The maximum absolute atomic E-state index is 12.4. The molecule has 0 spiro atoms. The van der Waals surface area contributed by atoms with E-state index in [4.69, 9.17) is 0 Å².